The van der Waals surface area contributed by atoms with Crippen molar-refractivity contribution in [3.05, 3.63) is 59.4 Å². The van der Waals surface area contributed by atoms with E-state index in [0.717, 1.165) is 56.3 Å². The van der Waals surface area contributed by atoms with Crippen LogP contribution >= 0.6 is 0 Å². The Morgan fingerprint density at radius 1 is 0.898 bits per heavy atom. The highest BCUT2D eigenvalue weighted by Gasteiger charge is 2.58. The van der Waals surface area contributed by atoms with Crippen molar-refractivity contribution in [2.24, 2.45) is 29.6 Å². The van der Waals surface area contributed by atoms with E-state index in [4.69, 9.17) is 9.47 Å². The molecule has 15 heteroatoms. The summed E-state index contributed by atoms with van der Waals surface area (Å²) >= 11 is 0. The molecular formula is C44H55F4N7O4. The van der Waals surface area contributed by atoms with Crippen molar-refractivity contribution < 1.29 is 36.6 Å². The molecule has 6 unspecified atom stereocenters. The number of ether oxygens (including phenoxy) is 2. The summed E-state index contributed by atoms with van der Waals surface area (Å²) in [5.41, 5.74) is -2.76. The summed E-state index contributed by atoms with van der Waals surface area (Å²) in [4.78, 5) is 48.9. The molecule has 5 aliphatic rings. The quantitative estimate of drug-likeness (QED) is 0.174. The minimum atomic E-state index is -4.99. The Morgan fingerprint density at radius 2 is 1.59 bits per heavy atom. The summed E-state index contributed by atoms with van der Waals surface area (Å²) in [6, 6.07) is 5.72. The fourth-order valence-corrected chi connectivity index (χ4v) is 10.9. The number of anilines is 3. The van der Waals surface area contributed by atoms with Gasteiger partial charge < -0.3 is 24.6 Å². The molecule has 3 aromatic rings. The minimum Gasteiger partial charge on any atom is -0.490 e. The maximum Gasteiger partial charge on any atom is 0.434 e. The zero-order valence-electron chi connectivity index (χ0n) is 34.5. The number of hydrogen-bond donors (Lipinski definition) is 1. The van der Waals surface area contributed by atoms with Crippen LogP contribution in [0.15, 0.2) is 36.8 Å². The molecule has 3 saturated carbocycles. The number of rotatable bonds is 8. The lowest BCUT2D eigenvalue weighted by Gasteiger charge is -2.53. The molecule has 1 N–H and O–H groups in total. The van der Waals surface area contributed by atoms with Crippen molar-refractivity contribution in [1.82, 2.24) is 25.3 Å². The van der Waals surface area contributed by atoms with E-state index in [2.05, 4.69) is 32.2 Å². The molecular weight excluding hydrogens is 767 g/mol. The zero-order chi connectivity index (χ0) is 41.9. The molecule has 3 aliphatic carbocycles. The van der Waals surface area contributed by atoms with E-state index in [9.17, 15) is 14.0 Å². The number of aromatic nitrogens is 4. The van der Waals surface area contributed by atoms with Gasteiger partial charge in [-0.1, -0.05) is 26.7 Å². The van der Waals surface area contributed by atoms with E-state index in [0.29, 0.717) is 86.9 Å². The number of amides is 1. The first kappa shape index (κ1) is 41.2. The highest BCUT2D eigenvalue weighted by atomic mass is 19.4. The Kier molecular flexibility index (Phi) is 11.0. The number of carbonyl (C=O) groups is 2. The summed E-state index contributed by atoms with van der Waals surface area (Å²) in [5, 5.41) is 2.87. The van der Waals surface area contributed by atoms with Gasteiger partial charge in [0.2, 0.25) is 11.9 Å². The third kappa shape index (κ3) is 8.31. The molecule has 59 heavy (non-hydrogen) atoms. The molecule has 4 heterocycles. The molecule has 2 aliphatic heterocycles. The number of hydrogen-bond acceptors (Lipinski definition) is 10. The third-order valence-corrected chi connectivity index (χ3v) is 13.4. The van der Waals surface area contributed by atoms with Gasteiger partial charge in [-0.15, -0.1) is 0 Å². The number of piperidine rings is 1. The zero-order valence-corrected chi connectivity index (χ0v) is 34.5. The van der Waals surface area contributed by atoms with Gasteiger partial charge in [-0.25, -0.2) is 29.1 Å². The van der Waals surface area contributed by atoms with Gasteiger partial charge in [0.1, 0.15) is 23.0 Å². The Bertz CT molecular complexity index is 2030. The smallest absolute Gasteiger partial charge is 0.434 e. The number of nitrogens with one attached hydrogen (secondary N) is 1. The molecule has 0 spiro atoms. The first-order valence-electron chi connectivity index (χ1n) is 21.3. The summed E-state index contributed by atoms with van der Waals surface area (Å²) in [7, 11) is 0. The molecule has 8 rings (SSSR count). The second-order valence-corrected chi connectivity index (χ2v) is 18.8. The van der Waals surface area contributed by atoms with Gasteiger partial charge in [0.25, 0.3) is 5.91 Å². The van der Waals surface area contributed by atoms with E-state index in [-0.39, 0.29) is 29.8 Å². The van der Waals surface area contributed by atoms with Crippen LogP contribution < -0.4 is 19.9 Å². The summed E-state index contributed by atoms with van der Waals surface area (Å²) in [6.45, 7) is 10.9. The number of esters is 1. The first-order valence-corrected chi connectivity index (χ1v) is 21.3. The third-order valence-electron chi connectivity index (χ3n) is 13.4. The molecule has 6 atom stereocenters. The predicted octanol–water partition coefficient (Wildman–Crippen LogP) is 8.80. The summed E-state index contributed by atoms with van der Waals surface area (Å²) in [5.74, 6) is -0.760. The van der Waals surface area contributed by atoms with Crippen LogP contribution in [-0.4, -0.2) is 68.7 Å². The van der Waals surface area contributed by atoms with E-state index in [1.807, 2.05) is 30.0 Å². The SMILES string of the molecule is CC1CC2CC(C)C(NC(=O)c3cnc(N4CC(C5CCCC5)c5cc(OC6CCN(c7ncc(F)cn7)CC6)ccc54)nc3C(F)(F)F)(C(=O)OC(C)(C)C)C(C1)C2. The lowest BCUT2D eigenvalue weighted by Crippen LogP contribution is -2.68. The van der Waals surface area contributed by atoms with Gasteiger partial charge in [0.05, 0.1) is 18.0 Å². The van der Waals surface area contributed by atoms with Crippen LogP contribution in [0.4, 0.5) is 35.1 Å². The Labute approximate surface area is 343 Å². The van der Waals surface area contributed by atoms with Crippen LogP contribution in [0.1, 0.15) is 126 Å². The van der Waals surface area contributed by atoms with Crippen LogP contribution in [0.2, 0.25) is 0 Å². The highest BCUT2D eigenvalue weighted by molar-refractivity contribution is 5.99. The Hall–Kier alpha value is -4.56. The van der Waals surface area contributed by atoms with Crippen molar-refractivity contribution >= 4 is 29.5 Å². The molecule has 1 saturated heterocycles. The Balaban J connectivity index is 1.06. The summed E-state index contributed by atoms with van der Waals surface area (Å²) < 4.78 is 71.0. The number of nitrogens with zero attached hydrogens (tertiary/aromatic N) is 6. The average Bonchev–Trinajstić information content (AvgIpc) is 3.84. The van der Waals surface area contributed by atoms with Gasteiger partial charge in [-0.3, -0.25) is 4.79 Å². The van der Waals surface area contributed by atoms with Crippen molar-refractivity contribution in [3.63, 3.8) is 0 Å². The summed E-state index contributed by atoms with van der Waals surface area (Å²) in [6.07, 6.45) is 6.84. The topological polar surface area (TPSA) is 123 Å². The van der Waals surface area contributed by atoms with E-state index in [1.54, 1.807) is 25.7 Å². The van der Waals surface area contributed by atoms with Crippen LogP contribution in [0.5, 0.6) is 5.75 Å². The second-order valence-electron chi connectivity index (χ2n) is 18.8. The average molecular weight is 822 g/mol. The molecule has 0 radical (unpaired) electrons. The largest absolute Gasteiger partial charge is 0.490 e. The minimum absolute atomic E-state index is 0.0256. The lowest BCUT2D eigenvalue weighted by molar-refractivity contribution is -0.173. The second kappa shape index (κ2) is 15.8. The van der Waals surface area contributed by atoms with Gasteiger partial charge >= 0.3 is 12.1 Å². The molecule has 1 amide bonds. The highest BCUT2D eigenvalue weighted by Crippen LogP contribution is 2.52. The normalized spacial score (nSPS) is 27.7. The van der Waals surface area contributed by atoms with Crippen LogP contribution in [-0.2, 0) is 15.7 Å². The number of halogens is 4. The maximum atomic E-state index is 15.1. The number of benzene rings is 1. The van der Waals surface area contributed by atoms with Gasteiger partial charge in [0, 0.05) is 50.3 Å². The fourth-order valence-electron chi connectivity index (χ4n) is 10.9. The van der Waals surface area contributed by atoms with Crippen LogP contribution in [0.25, 0.3) is 0 Å². The van der Waals surface area contributed by atoms with Crippen molar-refractivity contribution in [2.45, 2.75) is 128 Å². The molecule has 11 nitrogen and oxygen atoms in total. The van der Waals surface area contributed by atoms with Crippen molar-refractivity contribution in [2.75, 3.05) is 29.4 Å². The number of fused-ring (bicyclic) bond motifs is 3. The molecule has 318 valence electrons. The maximum absolute atomic E-state index is 15.1. The van der Waals surface area contributed by atoms with Crippen LogP contribution in [0, 0.1) is 35.4 Å². The Morgan fingerprint density at radius 3 is 2.27 bits per heavy atom. The molecule has 2 bridgehead atoms. The predicted molar refractivity (Wildman–Crippen MR) is 213 cm³/mol. The van der Waals surface area contributed by atoms with Crippen molar-refractivity contribution in [1.29, 1.82) is 0 Å². The van der Waals surface area contributed by atoms with E-state index >= 15 is 13.2 Å². The fraction of sp³-hybridized carbons (Fsp3) is 0.636. The monoisotopic (exact) mass is 821 g/mol. The van der Waals surface area contributed by atoms with Gasteiger partial charge in [-0.05, 0) is 113 Å². The van der Waals surface area contributed by atoms with E-state index in [1.165, 1.54) is 0 Å². The first-order chi connectivity index (χ1) is 28.0. The van der Waals surface area contributed by atoms with E-state index < -0.39 is 46.3 Å². The van der Waals surface area contributed by atoms with Gasteiger partial charge in [-0.2, -0.15) is 13.2 Å². The molecule has 1 aromatic carbocycles. The lowest BCUT2D eigenvalue weighted by atomic mass is 9.56. The number of alkyl halides is 3. The van der Waals surface area contributed by atoms with Crippen LogP contribution in [0.3, 0.4) is 0 Å². The standard InChI is InChI=1S/C44H55F4N7O4/c1-25-16-27-18-26(2)43(29(17-25)19-27,39(57)59-42(3,4)5)53-38(56)34-23-51-41(52-37(34)44(46,47)48)55-24-35(28-8-6-7-9-28)33-20-32(10-11-36(33)55)58-31-12-14-54(15-13-31)40-49-21-30(45)22-50-40/h10-11,20-23,25-29,31,35H,6-9,12-19,24H2,1-5H3,(H,53,56). The van der Waals surface area contributed by atoms with Gasteiger partial charge in [0.15, 0.2) is 11.5 Å². The molecule has 4 fully saturated rings. The van der Waals surface area contributed by atoms with Crippen molar-refractivity contribution in [3.8, 4) is 5.75 Å². The number of carbonyl (C=O) groups excluding carboxylic acids is 2. The molecule has 2 aromatic heterocycles.